The van der Waals surface area contributed by atoms with Gasteiger partial charge in [-0.05, 0) is 41.8 Å². The highest BCUT2D eigenvalue weighted by Gasteiger charge is 2.44. The van der Waals surface area contributed by atoms with Crippen LogP contribution in [0.15, 0.2) is 138 Å². The quantitative estimate of drug-likeness (QED) is 0.0268. The van der Waals surface area contributed by atoms with Crippen molar-refractivity contribution in [3.63, 3.8) is 0 Å². The van der Waals surface area contributed by atoms with Gasteiger partial charge in [0.15, 0.2) is 0 Å². The molecule has 0 amide bonds. The summed E-state index contributed by atoms with van der Waals surface area (Å²) in [6, 6.07) is 13.2. The van der Waals surface area contributed by atoms with Crippen LogP contribution in [0.3, 0.4) is 0 Å². The molecule has 2 aliphatic carbocycles. The molecule has 1 aromatic heterocycles. The second-order valence-corrected chi connectivity index (χ2v) is 18.6. The van der Waals surface area contributed by atoms with E-state index in [9.17, 15) is 61.8 Å². The van der Waals surface area contributed by atoms with Crippen LogP contribution in [0.4, 0.5) is 29.2 Å². The summed E-state index contributed by atoms with van der Waals surface area (Å²) in [6.45, 7) is 4.20. The molecule has 2 unspecified atom stereocenters. The molecule has 62 heavy (non-hydrogen) atoms. The maximum Gasteiger partial charge on any atom is 0.330 e. The van der Waals surface area contributed by atoms with Gasteiger partial charge in [0.05, 0.1) is 16.3 Å². The van der Waals surface area contributed by atoms with E-state index in [4.69, 9.17) is 4.74 Å². The number of aliphatic hydroxyl groups is 1. The van der Waals surface area contributed by atoms with Crippen molar-refractivity contribution in [2.75, 3.05) is 29.1 Å². The molecule has 2 atom stereocenters. The molecule has 0 radical (unpaired) electrons. The van der Waals surface area contributed by atoms with Crippen molar-refractivity contribution in [3.05, 3.63) is 118 Å². The molecule has 0 bridgehead atoms. The lowest BCUT2D eigenvalue weighted by Gasteiger charge is -2.34. The van der Waals surface area contributed by atoms with Crippen LogP contribution in [-0.4, -0.2) is 91.1 Å². The van der Waals surface area contributed by atoms with E-state index >= 15 is 0 Å². The van der Waals surface area contributed by atoms with Crippen molar-refractivity contribution in [3.8, 4) is 0 Å². The van der Waals surface area contributed by atoms with Crippen molar-refractivity contribution >= 4 is 86.4 Å². The Morgan fingerprint density at radius 1 is 0.806 bits per heavy atom. The second kappa shape index (κ2) is 17.1. The molecule has 1 heterocycles. The summed E-state index contributed by atoms with van der Waals surface area (Å²) in [6.07, 6.45) is 2.64. The first-order valence-electron chi connectivity index (χ1n) is 17.3. The van der Waals surface area contributed by atoms with Gasteiger partial charge in [0.2, 0.25) is 17.8 Å². The Morgan fingerprint density at radius 2 is 1.45 bits per heavy atom. The van der Waals surface area contributed by atoms with Gasteiger partial charge in [-0.2, -0.15) is 48.6 Å². The number of nitrogens with zero attached hydrogens (tertiary/aromatic N) is 5. The lowest BCUT2D eigenvalue weighted by atomic mass is 9.77. The molecular weight excluding hydrogens is 901 g/mol. The Bertz CT molecular complexity index is 3150. The zero-order valence-corrected chi connectivity index (χ0v) is 34.7. The summed E-state index contributed by atoms with van der Waals surface area (Å²) >= 11 is 0. The Kier molecular flexibility index (Phi) is 12.5. The molecule has 0 saturated carbocycles. The predicted molar refractivity (Wildman–Crippen MR) is 220 cm³/mol. The number of aromatic nitrogens is 3. The van der Waals surface area contributed by atoms with E-state index in [1.165, 1.54) is 43.3 Å². The summed E-state index contributed by atoms with van der Waals surface area (Å²) in [7, 11) is -20.0. The van der Waals surface area contributed by atoms with E-state index in [2.05, 4.69) is 47.7 Å². The number of aliphatic hydroxyl groups excluding tert-OH is 1. The number of allylic oxidation sites excluding steroid dienone is 4. The van der Waals surface area contributed by atoms with Crippen LogP contribution < -0.4 is 16.0 Å². The zero-order chi connectivity index (χ0) is 45.4. The third-order valence-electron chi connectivity index (χ3n) is 8.96. The number of benzene rings is 3. The van der Waals surface area contributed by atoms with Gasteiger partial charge in [-0.25, -0.2) is 4.79 Å². The topological polar surface area (TPSA) is 363 Å². The maximum absolute atomic E-state index is 12.9. The number of rotatable bonds is 15. The molecule has 0 spiro atoms. The summed E-state index contributed by atoms with van der Waals surface area (Å²) in [5.74, 6) is -5.69. The standard InChI is InChI=1S/C35H32N8O15S4/c1-3-27(44)58-15-14-36-33-39-34(37-20-9-11-21(12-10-20)59(46,47)48)41-35(40-33)38-26-17-22(60(49,50)51)16-24-18(2)31(61(52,53)54)29(30(45)28(24)26)43-42-25-13-8-19-6-4-5-7-23(19)32(25)62(55,56)57/h3-13,16-18,24,45H,1,14-15H2,2H3,(H,46,47,48)(H,49,50,51)(H,52,53,54)(H,55,56,57)(H3,36,37,38,39,40,41)/b43-42+. The summed E-state index contributed by atoms with van der Waals surface area (Å²) in [5.41, 5.74) is -1.98. The van der Waals surface area contributed by atoms with Crippen molar-refractivity contribution in [2.45, 2.75) is 16.7 Å². The van der Waals surface area contributed by atoms with E-state index in [1.807, 2.05) is 0 Å². The van der Waals surface area contributed by atoms with Crippen molar-refractivity contribution in [2.24, 2.45) is 22.1 Å². The van der Waals surface area contributed by atoms with Gasteiger partial charge in [0, 0.05) is 40.3 Å². The van der Waals surface area contributed by atoms with Crippen LogP contribution in [0.2, 0.25) is 0 Å². The first kappa shape index (κ1) is 45.1. The molecule has 326 valence electrons. The Labute approximate surface area is 352 Å². The maximum atomic E-state index is 12.9. The highest BCUT2D eigenvalue weighted by molar-refractivity contribution is 7.90. The van der Waals surface area contributed by atoms with Crippen LogP contribution >= 0.6 is 0 Å². The Balaban J connectivity index is 1.49. The fourth-order valence-electron chi connectivity index (χ4n) is 6.31. The smallest absolute Gasteiger partial charge is 0.330 e. The number of esters is 1. The highest BCUT2D eigenvalue weighted by Crippen LogP contribution is 2.47. The third kappa shape index (κ3) is 10.0. The number of anilines is 4. The molecule has 0 fully saturated rings. The summed E-state index contributed by atoms with van der Waals surface area (Å²) in [5, 5.41) is 28.2. The lowest BCUT2D eigenvalue weighted by Crippen LogP contribution is -2.31. The molecule has 23 nitrogen and oxygen atoms in total. The van der Waals surface area contributed by atoms with Gasteiger partial charge < -0.3 is 25.8 Å². The SMILES string of the molecule is C=CC(=O)OCCNc1nc(NC2=CC(S(=O)(=O)O)=CC3C2=C(O)C(/N=N/c2ccc4ccccc4c2S(=O)(=O)O)=C(S(=O)(=O)O)C3C)nc(Nc2ccc(S(=O)(=O)O)cc2)n1. The minimum atomic E-state index is -5.34. The summed E-state index contributed by atoms with van der Waals surface area (Å²) in [4.78, 5) is 21.3. The third-order valence-corrected chi connectivity index (χ3v) is 12.7. The van der Waals surface area contributed by atoms with E-state index in [-0.39, 0.29) is 41.7 Å². The van der Waals surface area contributed by atoms with Gasteiger partial charge >= 0.3 is 5.97 Å². The number of ether oxygens (including phenoxy) is 1. The van der Waals surface area contributed by atoms with Gasteiger partial charge in [-0.3, -0.25) is 18.2 Å². The number of nitrogens with one attached hydrogen (secondary N) is 3. The molecule has 27 heteroatoms. The van der Waals surface area contributed by atoms with Gasteiger partial charge in [0.25, 0.3) is 40.5 Å². The largest absolute Gasteiger partial charge is 0.505 e. The molecule has 3 aromatic carbocycles. The normalized spacial score (nSPS) is 17.3. The fourth-order valence-corrected chi connectivity index (χ4v) is 9.21. The van der Waals surface area contributed by atoms with Gasteiger partial charge in [-0.15, -0.1) is 10.2 Å². The van der Waals surface area contributed by atoms with Gasteiger partial charge in [-0.1, -0.05) is 49.9 Å². The minimum Gasteiger partial charge on any atom is -0.505 e. The number of carbonyl (C=O) groups is 1. The molecule has 4 aromatic rings. The molecule has 8 N–H and O–H groups in total. The van der Waals surface area contributed by atoms with Crippen molar-refractivity contribution < 1.29 is 66.5 Å². The number of hydrogen-bond acceptors (Lipinski definition) is 19. The molecule has 2 aliphatic rings. The molecule has 0 saturated heterocycles. The fraction of sp³-hybridized carbons (Fsp3) is 0.143. The Morgan fingerprint density at radius 3 is 2.06 bits per heavy atom. The summed E-state index contributed by atoms with van der Waals surface area (Å²) < 4.78 is 144. The first-order valence-corrected chi connectivity index (χ1v) is 23.1. The first-order chi connectivity index (χ1) is 28.9. The number of carbonyl (C=O) groups excluding carboxylic acids is 1. The van der Waals surface area contributed by atoms with Crippen molar-refractivity contribution in [1.29, 1.82) is 0 Å². The average Bonchev–Trinajstić information content (AvgIpc) is 3.18. The predicted octanol–water partition coefficient (Wildman–Crippen LogP) is 4.45. The lowest BCUT2D eigenvalue weighted by molar-refractivity contribution is -0.137. The second-order valence-electron chi connectivity index (χ2n) is 13.0. The molecular formula is C35H32N8O15S4. The van der Waals surface area contributed by atoms with E-state index in [0.717, 1.165) is 36.4 Å². The number of azo groups is 1. The van der Waals surface area contributed by atoms with Crippen LogP contribution in [0.5, 0.6) is 0 Å². The van der Waals surface area contributed by atoms with Crippen LogP contribution in [-0.2, 0) is 50.0 Å². The van der Waals surface area contributed by atoms with E-state index < -0.39 is 107 Å². The highest BCUT2D eigenvalue weighted by atomic mass is 32.2. The van der Waals surface area contributed by atoms with Gasteiger partial charge in [0.1, 0.15) is 33.6 Å². The number of hydrogen-bond donors (Lipinski definition) is 8. The monoisotopic (exact) mass is 932 g/mol. The van der Waals surface area contributed by atoms with Crippen LogP contribution in [0.1, 0.15) is 6.92 Å². The van der Waals surface area contributed by atoms with Crippen LogP contribution in [0, 0.1) is 11.8 Å². The number of fused-ring (bicyclic) bond motifs is 2. The average molecular weight is 933 g/mol. The van der Waals surface area contributed by atoms with E-state index in [0.29, 0.717) is 5.39 Å². The minimum absolute atomic E-state index is 0.00707. The zero-order valence-electron chi connectivity index (χ0n) is 31.5. The van der Waals surface area contributed by atoms with Crippen LogP contribution in [0.25, 0.3) is 10.8 Å². The molecule has 6 rings (SSSR count). The molecule has 0 aliphatic heterocycles. The van der Waals surface area contributed by atoms with Crippen molar-refractivity contribution in [1.82, 2.24) is 15.0 Å². The Hall–Kier alpha value is -6.46. The van der Waals surface area contributed by atoms with E-state index in [1.54, 1.807) is 6.07 Å².